The van der Waals surface area contributed by atoms with Crippen LogP contribution < -0.4 is 16.2 Å². The van der Waals surface area contributed by atoms with Crippen molar-refractivity contribution in [1.82, 2.24) is 19.7 Å². The van der Waals surface area contributed by atoms with Crippen molar-refractivity contribution in [2.75, 3.05) is 25.4 Å². The van der Waals surface area contributed by atoms with E-state index in [-0.39, 0.29) is 6.04 Å². The van der Waals surface area contributed by atoms with Gasteiger partial charge in [0.25, 0.3) is 0 Å². The fourth-order valence-electron chi connectivity index (χ4n) is 3.28. The highest BCUT2D eigenvalue weighted by molar-refractivity contribution is 7.80. The van der Waals surface area contributed by atoms with E-state index in [0.29, 0.717) is 24.0 Å². The molecule has 140 valence electrons. The molecule has 1 atom stereocenters. The summed E-state index contributed by atoms with van der Waals surface area (Å²) in [4.78, 5) is 6.74. The molecule has 1 aliphatic heterocycles. The molecule has 2 aromatic rings. The Morgan fingerprint density at radius 1 is 1.27 bits per heavy atom. The molecule has 1 saturated heterocycles. The van der Waals surface area contributed by atoms with Gasteiger partial charge < -0.3 is 16.2 Å². The first kappa shape index (κ1) is 18.6. The fourth-order valence-corrected chi connectivity index (χ4v) is 3.50. The minimum Gasteiger partial charge on any atom is -0.493 e. The number of hydrogen-bond acceptors (Lipinski definition) is 6. The van der Waals surface area contributed by atoms with Crippen LogP contribution in [0.2, 0.25) is 0 Å². The zero-order valence-corrected chi connectivity index (χ0v) is 15.7. The smallest absolute Gasteiger partial charge is 0.219 e. The molecule has 26 heavy (non-hydrogen) atoms. The van der Waals surface area contributed by atoms with Gasteiger partial charge in [0, 0.05) is 13.0 Å². The van der Waals surface area contributed by atoms with Crippen molar-refractivity contribution in [2.24, 2.45) is 5.73 Å². The highest BCUT2D eigenvalue weighted by atomic mass is 32.1. The highest BCUT2D eigenvalue weighted by Gasteiger charge is 2.18. The Morgan fingerprint density at radius 3 is 2.77 bits per heavy atom. The van der Waals surface area contributed by atoms with E-state index in [9.17, 15) is 0 Å². The van der Waals surface area contributed by atoms with E-state index in [2.05, 4.69) is 27.1 Å². The molecule has 0 aliphatic carbocycles. The normalized spacial score (nSPS) is 16.3. The molecule has 0 amide bonds. The summed E-state index contributed by atoms with van der Waals surface area (Å²) in [6.07, 6.45) is 5.91. The van der Waals surface area contributed by atoms with E-state index < -0.39 is 0 Å². The predicted molar refractivity (Wildman–Crippen MR) is 106 cm³/mol. The van der Waals surface area contributed by atoms with Gasteiger partial charge in [0.2, 0.25) is 5.95 Å². The lowest BCUT2D eigenvalue weighted by Gasteiger charge is -2.26. The first-order valence-electron chi connectivity index (χ1n) is 9.02. The Labute approximate surface area is 159 Å². The zero-order chi connectivity index (χ0) is 18.4. The summed E-state index contributed by atoms with van der Waals surface area (Å²) >= 11 is 5.14. The number of hydrogen-bond donors (Lipinski definition) is 2. The van der Waals surface area contributed by atoms with Gasteiger partial charge in [0.05, 0.1) is 11.6 Å². The van der Waals surface area contributed by atoms with E-state index in [1.807, 2.05) is 12.1 Å². The van der Waals surface area contributed by atoms with Crippen LogP contribution in [0.15, 0.2) is 30.6 Å². The number of rotatable bonds is 8. The minimum atomic E-state index is -0.302. The van der Waals surface area contributed by atoms with Crippen molar-refractivity contribution in [3.05, 3.63) is 36.2 Å². The molecule has 2 heterocycles. The molecular weight excluding hydrogens is 348 g/mol. The topological polar surface area (TPSA) is 95.2 Å². The molecular formula is C18H26N6OS. The number of likely N-dealkylation sites (tertiary alicyclic amines) is 1. The second kappa shape index (κ2) is 8.95. The fraction of sp³-hybridized carbons (Fsp3) is 0.500. The van der Waals surface area contributed by atoms with Crippen molar-refractivity contribution in [2.45, 2.75) is 38.3 Å². The summed E-state index contributed by atoms with van der Waals surface area (Å²) < 4.78 is 7.46. The maximum Gasteiger partial charge on any atom is 0.219 e. The molecule has 7 nitrogen and oxygen atoms in total. The van der Waals surface area contributed by atoms with E-state index in [1.165, 1.54) is 44.2 Å². The third-order valence-corrected chi connectivity index (χ3v) is 4.91. The van der Waals surface area contributed by atoms with Crippen LogP contribution in [0.25, 0.3) is 0 Å². The third-order valence-electron chi connectivity index (χ3n) is 4.64. The molecule has 0 radical (unpaired) electrons. The number of thiocarbonyl (C=S) groups is 1. The number of benzene rings is 1. The van der Waals surface area contributed by atoms with Crippen LogP contribution in [0.5, 0.6) is 5.75 Å². The number of anilines is 1. The number of piperidine rings is 1. The number of nitrogens with zero attached hydrogens (tertiary/aromatic N) is 4. The van der Waals surface area contributed by atoms with Crippen molar-refractivity contribution >= 4 is 23.2 Å². The average Bonchev–Trinajstić information content (AvgIpc) is 3.05. The summed E-state index contributed by atoms with van der Waals surface area (Å²) in [5, 5.41) is 4.09. The first-order chi connectivity index (χ1) is 12.6. The Balaban J connectivity index is 1.54. The van der Waals surface area contributed by atoms with Crippen LogP contribution in [-0.4, -0.2) is 44.3 Å². The Morgan fingerprint density at radius 2 is 2.08 bits per heavy atom. The van der Waals surface area contributed by atoms with Gasteiger partial charge in [-0.05, 0) is 43.6 Å². The van der Waals surface area contributed by atoms with Crippen LogP contribution in [0.1, 0.15) is 37.3 Å². The Hall–Kier alpha value is -2.19. The van der Waals surface area contributed by atoms with Gasteiger partial charge in [-0.15, -0.1) is 0 Å². The summed E-state index contributed by atoms with van der Waals surface area (Å²) in [5.74, 6) is 1.15. The first-order valence-corrected chi connectivity index (χ1v) is 9.42. The molecule has 0 spiro atoms. The molecule has 0 saturated carbocycles. The van der Waals surface area contributed by atoms with Gasteiger partial charge in [-0.25, -0.2) is 9.67 Å². The van der Waals surface area contributed by atoms with E-state index in [0.717, 1.165) is 12.3 Å². The lowest BCUT2D eigenvalue weighted by atomic mass is 10.1. The van der Waals surface area contributed by atoms with Gasteiger partial charge in [-0.3, -0.25) is 4.90 Å². The molecule has 4 N–H and O–H groups in total. The molecule has 1 unspecified atom stereocenters. The number of aromatic nitrogens is 3. The largest absolute Gasteiger partial charge is 0.493 e. The summed E-state index contributed by atoms with van der Waals surface area (Å²) in [6.45, 7) is 3.80. The molecule has 8 heteroatoms. The van der Waals surface area contributed by atoms with Crippen molar-refractivity contribution in [3.8, 4) is 5.75 Å². The van der Waals surface area contributed by atoms with Gasteiger partial charge in [-0.1, -0.05) is 30.8 Å². The predicted octanol–water partition coefficient (Wildman–Crippen LogP) is 2.14. The molecule has 3 rings (SSSR count). The van der Waals surface area contributed by atoms with E-state index >= 15 is 0 Å². The average molecular weight is 375 g/mol. The minimum absolute atomic E-state index is 0.298. The maximum atomic E-state index is 5.92. The number of ether oxygens (including phenoxy) is 1. The van der Waals surface area contributed by atoms with Gasteiger partial charge in [-0.2, -0.15) is 5.10 Å². The molecule has 1 aromatic heterocycles. The van der Waals surface area contributed by atoms with Crippen molar-refractivity contribution in [3.63, 3.8) is 0 Å². The second-order valence-corrected chi connectivity index (χ2v) is 7.07. The van der Waals surface area contributed by atoms with Gasteiger partial charge >= 0.3 is 0 Å². The maximum absolute atomic E-state index is 5.92. The Bertz CT molecular complexity index is 728. The quantitative estimate of drug-likeness (QED) is 0.684. The van der Waals surface area contributed by atoms with Gasteiger partial charge in [0.1, 0.15) is 18.1 Å². The van der Waals surface area contributed by atoms with Crippen LogP contribution in [0, 0.1) is 0 Å². The molecule has 1 fully saturated rings. The molecule has 1 aromatic carbocycles. The van der Waals surface area contributed by atoms with Crippen molar-refractivity contribution in [1.29, 1.82) is 0 Å². The third kappa shape index (κ3) is 4.92. The number of nitrogens with two attached hydrogens (primary N) is 2. The lowest BCUT2D eigenvalue weighted by molar-refractivity contribution is 0.220. The summed E-state index contributed by atoms with van der Waals surface area (Å²) in [7, 11) is 0. The standard InChI is InChI=1S/C18H26N6OS/c19-17(26)16(24-18(20)21-13-22-24)7-10-25-15-6-4-5-14(11-15)12-23-8-2-1-3-9-23/h4-6,11,13,16H,1-3,7-10,12H2,(H2,19,26)(H2,20,21,22). The SMILES string of the molecule is NC(=S)C(CCOc1cccc(CN2CCCCC2)c1)n1ncnc1N. The van der Waals surface area contributed by atoms with Crippen LogP contribution in [0.4, 0.5) is 5.95 Å². The van der Waals surface area contributed by atoms with Gasteiger partial charge in [0.15, 0.2) is 0 Å². The number of nitrogen functional groups attached to an aromatic ring is 1. The molecule has 1 aliphatic rings. The highest BCUT2D eigenvalue weighted by Crippen LogP contribution is 2.19. The lowest BCUT2D eigenvalue weighted by Crippen LogP contribution is -2.29. The molecule has 0 bridgehead atoms. The van der Waals surface area contributed by atoms with E-state index in [4.69, 9.17) is 28.4 Å². The summed E-state index contributed by atoms with van der Waals surface area (Å²) in [6, 6.07) is 7.96. The monoisotopic (exact) mass is 374 g/mol. The van der Waals surface area contributed by atoms with Crippen LogP contribution in [-0.2, 0) is 6.54 Å². The second-order valence-electron chi connectivity index (χ2n) is 6.60. The van der Waals surface area contributed by atoms with Crippen LogP contribution >= 0.6 is 12.2 Å². The Kier molecular flexibility index (Phi) is 6.40. The van der Waals surface area contributed by atoms with E-state index in [1.54, 1.807) is 4.68 Å². The van der Waals surface area contributed by atoms with Crippen molar-refractivity contribution < 1.29 is 4.74 Å². The zero-order valence-electron chi connectivity index (χ0n) is 14.9. The summed E-state index contributed by atoms with van der Waals surface area (Å²) in [5.41, 5.74) is 12.9. The van der Waals surface area contributed by atoms with Crippen LogP contribution in [0.3, 0.4) is 0 Å².